The van der Waals surface area contributed by atoms with E-state index in [0.29, 0.717) is 18.0 Å². The zero-order valence-corrected chi connectivity index (χ0v) is 20.0. The Morgan fingerprint density at radius 3 is 2.45 bits per heavy atom. The molecule has 5 nitrogen and oxygen atoms in total. The van der Waals surface area contributed by atoms with Gasteiger partial charge in [0.05, 0.1) is 7.11 Å². The van der Waals surface area contributed by atoms with Gasteiger partial charge >= 0.3 is 0 Å². The first kappa shape index (κ1) is 24.8. The summed E-state index contributed by atoms with van der Waals surface area (Å²) in [6.45, 7) is 5.31. The van der Waals surface area contributed by atoms with Crippen LogP contribution >= 0.6 is 0 Å². The summed E-state index contributed by atoms with van der Waals surface area (Å²) in [4.78, 5) is 2.09. The average Bonchev–Trinajstić information content (AvgIpc) is 2.82. The minimum atomic E-state index is -0.598. The lowest BCUT2D eigenvalue weighted by molar-refractivity contribution is 0.0732. The highest BCUT2D eigenvalue weighted by molar-refractivity contribution is 5.43. The highest BCUT2D eigenvalue weighted by Crippen LogP contribution is 2.28. The molecule has 5 heteroatoms. The Hall–Kier alpha value is -2.86. The minimum absolute atomic E-state index is 0.208. The molecule has 0 bridgehead atoms. The van der Waals surface area contributed by atoms with Crippen molar-refractivity contribution in [2.24, 2.45) is 0 Å². The predicted molar refractivity (Wildman–Crippen MR) is 134 cm³/mol. The highest BCUT2D eigenvalue weighted by atomic mass is 16.5. The fourth-order valence-electron chi connectivity index (χ4n) is 3.85. The van der Waals surface area contributed by atoms with Gasteiger partial charge in [0.25, 0.3) is 0 Å². The third kappa shape index (κ3) is 8.21. The molecule has 3 aromatic rings. The number of aliphatic hydroxyl groups excluding tert-OH is 1. The van der Waals surface area contributed by atoms with Crippen LogP contribution in [0.25, 0.3) is 0 Å². The van der Waals surface area contributed by atoms with Gasteiger partial charge in [0.15, 0.2) is 11.5 Å². The zero-order valence-electron chi connectivity index (χ0n) is 20.0. The van der Waals surface area contributed by atoms with E-state index in [0.717, 1.165) is 31.6 Å². The number of nitrogens with zero attached hydrogens (tertiary/aromatic N) is 1. The van der Waals surface area contributed by atoms with E-state index >= 15 is 0 Å². The molecule has 0 heterocycles. The maximum atomic E-state index is 10.5. The Morgan fingerprint density at radius 2 is 1.70 bits per heavy atom. The second-order valence-electron chi connectivity index (χ2n) is 8.49. The van der Waals surface area contributed by atoms with E-state index in [9.17, 15) is 5.11 Å². The van der Waals surface area contributed by atoms with Gasteiger partial charge in [-0.3, -0.25) is 4.90 Å². The van der Waals surface area contributed by atoms with Gasteiger partial charge in [-0.15, -0.1) is 0 Å². The molecule has 3 aromatic carbocycles. The summed E-state index contributed by atoms with van der Waals surface area (Å²) in [5.74, 6) is 1.32. The number of aryl methyl sites for hydroxylation is 1. The van der Waals surface area contributed by atoms with E-state index in [2.05, 4.69) is 53.5 Å². The van der Waals surface area contributed by atoms with Crippen molar-refractivity contribution in [1.29, 1.82) is 0 Å². The van der Waals surface area contributed by atoms with Crippen LogP contribution in [0.3, 0.4) is 0 Å². The van der Waals surface area contributed by atoms with Crippen molar-refractivity contribution >= 4 is 0 Å². The van der Waals surface area contributed by atoms with Crippen LogP contribution in [0.4, 0.5) is 0 Å². The molecule has 0 aliphatic carbocycles. The van der Waals surface area contributed by atoms with Gasteiger partial charge in [0.2, 0.25) is 0 Å². The molecule has 33 heavy (non-hydrogen) atoms. The molecule has 1 unspecified atom stereocenters. The SMILES string of the molecule is COc1ccc(CNCCc2ccccc2C)cc1OCC(O)CN(C)Cc1ccccc1. The smallest absolute Gasteiger partial charge is 0.161 e. The Labute approximate surface area is 198 Å². The van der Waals surface area contributed by atoms with Crippen LogP contribution in [0.2, 0.25) is 0 Å². The maximum Gasteiger partial charge on any atom is 0.161 e. The van der Waals surface area contributed by atoms with Crippen molar-refractivity contribution in [3.8, 4) is 11.5 Å². The van der Waals surface area contributed by atoms with Crippen LogP contribution in [0.15, 0.2) is 72.8 Å². The minimum Gasteiger partial charge on any atom is -0.493 e. The number of rotatable bonds is 13. The van der Waals surface area contributed by atoms with Crippen LogP contribution in [0.5, 0.6) is 11.5 Å². The standard InChI is InChI=1S/C28H36N2O3/c1-22-9-7-8-12-25(22)15-16-29-18-24-13-14-27(32-3)28(17-24)33-21-26(31)20-30(2)19-23-10-5-4-6-11-23/h4-14,17,26,29,31H,15-16,18-21H2,1-3H3. The van der Waals surface area contributed by atoms with Crippen molar-refractivity contribution in [2.45, 2.75) is 32.5 Å². The van der Waals surface area contributed by atoms with Crippen LogP contribution < -0.4 is 14.8 Å². The molecule has 0 aliphatic rings. The molecule has 0 saturated carbocycles. The first-order valence-corrected chi connectivity index (χ1v) is 11.5. The summed E-state index contributed by atoms with van der Waals surface area (Å²) >= 11 is 0. The normalized spacial score (nSPS) is 12.0. The first-order chi connectivity index (χ1) is 16.0. The molecule has 2 N–H and O–H groups in total. The fourth-order valence-corrected chi connectivity index (χ4v) is 3.85. The Morgan fingerprint density at radius 1 is 0.939 bits per heavy atom. The summed E-state index contributed by atoms with van der Waals surface area (Å²) < 4.78 is 11.4. The fraction of sp³-hybridized carbons (Fsp3) is 0.357. The number of methoxy groups -OCH3 is 1. The van der Waals surface area contributed by atoms with E-state index in [-0.39, 0.29) is 6.61 Å². The van der Waals surface area contributed by atoms with Gasteiger partial charge in [-0.05, 0) is 61.3 Å². The lowest BCUT2D eigenvalue weighted by atomic mass is 10.1. The number of ether oxygens (including phenoxy) is 2. The Kier molecular flexibility index (Phi) is 9.76. The molecule has 3 rings (SSSR count). The molecule has 0 aliphatic heterocycles. The molecule has 0 radical (unpaired) electrons. The molecule has 0 saturated heterocycles. The van der Waals surface area contributed by atoms with Crippen molar-refractivity contribution in [1.82, 2.24) is 10.2 Å². The van der Waals surface area contributed by atoms with Gasteiger partial charge in [-0.1, -0.05) is 60.7 Å². The van der Waals surface area contributed by atoms with E-state index in [1.165, 1.54) is 16.7 Å². The Bertz CT molecular complexity index is 978. The second kappa shape index (κ2) is 13.0. The highest BCUT2D eigenvalue weighted by Gasteiger charge is 2.12. The van der Waals surface area contributed by atoms with E-state index in [1.807, 2.05) is 43.4 Å². The molecule has 0 spiro atoms. The molecule has 0 aromatic heterocycles. The molecular weight excluding hydrogens is 412 g/mol. The van der Waals surface area contributed by atoms with Crippen molar-refractivity contribution in [3.05, 3.63) is 95.1 Å². The first-order valence-electron chi connectivity index (χ1n) is 11.5. The summed E-state index contributed by atoms with van der Waals surface area (Å²) in [6.07, 6.45) is 0.397. The monoisotopic (exact) mass is 448 g/mol. The third-order valence-electron chi connectivity index (χ3n) is 5.64. The topological polar surface area (TPSA) is 54.0 Å². The van der Waals surface area contributed by atoms with Crippen LogP contribution in [-0.4, -0.2) is 50.0 Å². The zero-order chi connectivity index (χ0) is 23.5. The Balaban J connectivity index is 1.46. The number of likely N-dealkylation sites (N-methyl/N-ethyl adjacent to an activating group) is 1. The summed E-state index contributed by atoms with van der Waals surface area (Å²) in [7, 11) is 3.63. The van der Waals surface area contributed by atoms with Crippen molar-refractivity contribution in [3.63, 3.8) is 0 Å². The summed E-state index contributed by atoms with van der Waals surface area (Å²) in [5, 5.41) is 14.0. The quantitative estimate of drug-likeness (QED) is 0.384. The summed E-state index contributed by atoms with van der Waals surface area (Å²) in [6, 6.07) is 24.7. The van der Waals surface area contributed by atoms with E-state index < -0.39 is 6.10 Å². The van der Waals surface area contributed by atoms with Gasteiger partial charge in [-0.25, -0.2) is 0 Å². The van der Waals surface area contributed by atoms with Gasteiger partial charge in [-0.2, -0.15) is 0 Å². The predicted octanol–water partition coefficient (Wildman–Crippen LogP) is 4.21. The average molecular weight is 449 g/mol. The van der Waals surface area contributed by atoms with Crippen LogP contribution in [0.1, 0.15) is 22.3 Å². The van der Waals surface area contributed by atoms with Crippen molar-refractivity contribution < 1.29 is 14.6 Å². The van der Waals surface area contributed by atoms with E-state index in [1.54, 1.807) is 7.11 Å². The second-order valence-corrected chi connectivity index (χ2v) is 8.49. The number of benzene rings is 3. The van der Waals surface area contributed by atoms with Gasteiger partial charge in [0, 0.05) is 19.6 Å². The molecule has 1 atom stereocenters. The van der Waals surface area contributed by atoms with E-state index in [4.69, 9.17) is 9.47 Å². The van der Waals surface area contributed by atoms with Crippen LogP contribution in [-0.2, 0) is 19.5 Å². The lowest BCUT2D eigenvalue weighted by Crippen LogP contribution is -2.32. The van der Waals surface area contributed by atoms with Crippen LogP contribution in [0, 0.1) is 6.92 Å². The summed E-state index contributed by atoms with van der Waals surface area (Å²) in [5.41, 5.74) is 5.03. The largest absolute Gasteiger partial charge is 0.493 e. The number of hydrogen-bond acceptors (Lipinski definition) is 5. The molecule has 176 valence electrons. The molecule has 0 fully saturated rings. The van der Waals surface area contributed by atoms with Gasteiger partial charge in [0.1, 0.15) is 12.7 Å². The number of hydrogen-bond donors (Lipinski definition) is 2. The number of nitrogens with one attached hydrogen (secondary N) is 1. The molecule has 0 amide bonds. The van der Waals surface area contributed by atoms with Crippen molar-refractivity contribution in [2.75, 3.05) is 33.9 Å². The molecular formula is C28H36N2O3. The number of aliphatic hydroxyl groups is 1. The lowest BCUT2D eigenvalue weighted by Gasteiger charge is -2.21. The van der Waals surface area contributed by atoms with Gasteiger partial charge < -0.3 is 19.9 Å². The maximum absolute atomic E-state index is 10.5. The third-order valence-corrected chi connectivity index (χ3v) is 5.64.